The van der Waals surface area contributed by atoms with Gasteiger partial charge in [0.1, 0.15) is 5.54 Å². The molecule has 1 unspecified atom stereocenters. The summed E-state index contributed by atoms with van der Waals surface area (Å²) < 4.78 is 0. The maximum atomic E-state index is 11.2. The molecule has 1 rings (SSSR count). The summed E-state index contributed by atoms with van der Waals surface area (Å²) in [7, 11) is 0. The highest BCUT2D eigenvalue weighted by atomic mass is 16.4. The molecule has 0 heterocycles. The van der Waals surface area contributed by atoms with Crippen LogP contribution in [0.4, 0.5) is 5.69 Å². The number of rotatable bonds is 4. The average molecular weight is 232 g/mol. The Bertz CT molecular complexity index is 477. The first kappa shape index (κ1) is 13.0. The Hall–Kier alpha value is -2.02. The van der Waals surface area contributed by atoms with Gasteiger partial charge in [-0.05, 0) is 38.0 Å². The number of aryl methyl sites for hydroxylation is 1. The van der Waals surface area contributed by atoms with Crippen LogP contribution in [0.5, 0.6) is 0 Å². The molecule has 2 N–H and O–H groups in total. The van der Waals surface area contributed by atoms with E-state index in [1.807, 2.05) is 19.9 Å². The van der Waals surface area contributed by atoms with Crippen molar-refractivity contribution in [3.63, 3.8) is 0 Å². The van der Waals surface area contributed by atoms with Crippen LogP contribution in [0.2, 0.25) is 0 Å². The van der Waals surface area contributed by atoms with E-state index in [1.165, 1.54) is 0 Å². The van der Waals surface area contributed by atoms with Crippen molar-refractivity contribution in [1.29, 1.82) is 5.26 Å². The van der Waals surface area contributed by atoms with E-state index in [0.29, 0.717) is 17.7 Å². The van der Waals surface area contributed by atoms with Crippen molar-refractivity contribution in [1.82, 2.24) is 0 Å². The quantitative estimate of drug-likeness (QED) is 0.836. The van der Waals surface area contributed by atoms with E-state index < -0.39 is 11.5 Å². The molecular formula is C13H16N2O2. The summed E-state index contributed by atoms with van der Waals surface area (Å²) >= 11 is 0. The van der Waals surface area contributed by atoms with E-state index in [0.717, 1.165) is 5.56 Å². The highest BCUT2D eigenvalue weighted by Gasteiger charge is 2.31. The highest BCUT2D eigenvalue weighted by Crippen LogP contribution is 2.23. The molecule has 1 aromatic rings. The topological polar surface area (TPSA) is 73.1 Å². The second kappa shape index (κ2) is 4.88. The maximum Gasteiger partial charge on any atom is 0.329 e. The number of anilines is 1. The molecule has 0 amide bonds. The number of nitrogens with one attached hydrogen (secondary N) is 1. The molecule has 0 bridgehead atoms. The molecule has 0 aliphatic rings. The van der Waals surface area contributed by atoms with Crippen molar-refractivity contribution in [2.75, 3.05) is 5.32 Å². The van der Waals surface area contributed by atoms with Crippen molar-refractivity contribution >= 4 is 11.7 Å². The van der Waals surface area contributed by atoms with Gasteiger partial charge in [-0.15, -0.1) is 0 Å². The van der Waals surface area contributed by atoms with E-state index in [4.69, 9.17) is 5.26 Å². The largest absolute Gasteiger partial charge is 0.480 e. The van der Waals surface area contributed by atoms with Crippen LogP contribution in [0.3, 0.4) is 0 Å². The Balaban J connectivity index is 3.10. The molecule has 0 aliphatic heterocycles. The first-order chi connectivity index (χ1) is 7.92. The monoisotopic (exact) mass is 232 g/mol. The van der Waals surface area contributed by atoms with E-state index in [9.17, 15) is 9.90 Å². The Morgan fingerprint density at radius 3 is 2.71 bits per heavy atom. The Morgan fingerprint density at radius 1 is 1.59 bits per heavy atom. The molecule has 0 aromatic heterocycles. The molecule has 4 nitrogen and oxygen atoms in total. The summed E-state index contributed by atoms with van der Waals surface area (Å²) in [4.78, 5) is 11.2. The molecule has 17 heavy (non-hydrogen) atoms. The number of carboxylic acids is 1. The molecule has 1 aromatic carbocycles. The van der Waals surface area contributed by atoms with Crippen LogP contribution in [0.1, 0.15) is 31.4 Å². The fraction of sp³-hybridized carbons (Fsp3) is 0.385. The minimum Gasteiger partial charge on any atom is -0.480 e. The molecule has 0 aliphatic carbocycles. The molecule has 4 heteroatoms. The number of benzene rings is 1. The normalized spacial score (nSPS) is 13.5. The van der Waals surface area contributed by atoms with E-state index >= 15 is 0 Å². The first-order valence-corrected chi connectivity index (χ1v) is 5.45. The lowest BCUT2D eigenvalue weighted by atomic mass is 9.97. The first-order valence-electron chi connectivity index (χ1n) is 5.45. The van der Waals surface area contributed by atoms with Crippen molar-refractivity contribution < 1.29 is 9.90 Å². The average Bonchev–Trinajstić information content (AvgIpc) is 2.31. The second-order valence-electron chi connectivity index (χ2n) is 4.26. The molecule has 0 spiro atoms. The molecule has 1 atom stereocenters. The predicted molar refractivity (Wildman–Crippen MR) is 65.8 cm³/mol. The van der Waals surface area contributed by atoms with Crippen LogP contribution in [-0.4, -0.2) is 16.6 Å². The fourth-order valence-electron chi connectivity index (χ4n) is 1.42. The Labute approximate surface area is 101 Å². The van der Waals surface area contributed by atoms with Crippen LogP contribution >= 0.6 is 0 Å². The van der Waals surface area contributed by atoms with E-state index in [1.54, 1.807) is 25.1 Å². The number of hydrogen-bond acceptors (Lipinski definition) is 3. The summed E-state index contributed by atoms with van der Waals surface area (Å²) in [5, 5.41) is 21.0. The third-order valence-corrected chi connectivity index (χ3v) is 2.96. The van der Waals surface area contributed by atoms with Gasteiger partial charge < -0.3 is 10.4 Å². The lowest BCUT2D eigenvalue weighted by Gasteiger charge is -2.27. The van der Waals surface area contributed by atoms with Crippen LogP contribution in [0, 0.1) is 18.3 Å². The van der Waals surface area contributed by atoms with Gasteiger partial charge in [0.25, 0.3) is 0 Å². The highest BCUT2D eigenvalue weighted by molar-refractivity contribution is 5.82. The zero-order valence-corrected chi connectivity index (χ0v) is 10.2. The van der Waals surface area contributed by atoms with Crippen LogP contribution in [0.15, 0.2) is 18.2 Å². The smallest absolute Gasteiger partial charge is 0.329 e. The van der Waals surface area contributed by atoms with Gasteiger partial charge in [0.2, 0.25) is 0 Å². The van der Waals surface area contributed by atoms with Crippen LogP contribution in [-0.2, 0) is 4.79 Å². The summed E-state index contributed by atoms with van der Waals surface area (Å²) in [5.74, 6) is -0.901. The summed E-state index contributed by atoms with van der Waals surface area (Å²) in [6.07, 6.45) is 0.457. The van der Waals surface area contributed by atoms with Gasteiger partial charge in [0.15, 0.2) is 0 Å². The zero-order chi connectivity index (χ0) is 13.1. The van der Waals surface area contributed by atoms with Crippen LogP contribution < -0.4 is 5.32 Å². The third-order valence-electron chi connectivity index (χ3n) is 2.96. The lowest BCUT2D eigenvalue weighted by Crippen LogP contribution is -2.42. The van der Waals surface area contributed by atoms with Gasteiger partial charge in [0, 0.05) is 5.69 Å². The molecule has 0 saturated heterocycles. The van der Waals surface area contributed by atoms with E-state index in [-0.39, 0.29) is 0 Å². The van der Waals surface area contributed by atoms with Crippen molar-refractivity contribution in [2.45, 2.75) is 32.7 Å². The second-order valence-corrected chi connectivity index (χ2v) is 4.26. The van der Waals surface area contributed by atoms with Gasteiger partial charge in [0.05, 0.1) is 11.6 Å². The van der Waals surface area contributed by atoms with Crippen LogP contribution in [0.25, 0.3) is 0 Å². The molecule has 90 valence electrons. The number of aliphatic carboxylic acids is 1. The summed E-state index contributed by atoms with van der Waals surface area (Å²) in [5.41, 5.74) is 1.11. The summed E-state index contributed by atoms with van der Waals surface area (Å²) in [6, 6.07) is 7.23. The number of nitrogens with zero attached hydrogens (tertiary/aromatic N) is 1. The third kappa shape index (κ3) is 2.76. The zero-order valence-electron chi connectivity index (χ0n) is 10.2. The number of nitriles is 1. The van der Waals surface area contributed by atoms with Gasteiger partial charge in [-0.2, -0.15) is 5.26 Å². The SMILES string of the molecule is CCC(C)(Nc1cc(C#N)ccc1C)C(=O)O. The summed E-state index contributed by atoms with van der Waals surface area (Å²) in [6.45, 7) is 5.32. The molecule has 0 radical (unpaired) electrons. The number of carbonyl (C=O) groups is 1. The fourth-order valence-corrected chi connectivity index (χ4v) is 1.42. The van der Waals surface area contributed by atoms with Crippen molar-refractivity contribution in [2.24, 2.45) is 0 Å². The Kier molecular flexibility index (Phi) is 3.74. The van der Waals surface area contributed by atoms with Gasteiger partial charge in [-0.1, -0.05) is 13.0 Å². The van der Waals surface area contributed by atoms with E-state index in [2.05, 4.69) is 5.32 Å². The number of carboxylic acid groups (broad SMARTS) is 1. The van der Waals surface area contributed by atoms with Gasteiger partial charge in [-0.25, -0.2) is 4.79 Å². The molecule has 0 fully saturated rings. The molecule has 0 saturated carbocycles. The number of hydrogen-bond donors (Lipinski definition) is 2. The maximum absolute atomic E-state index is 11.2. The minimum atomic E-state index is -1.02. The minimum absolute atomic E-state index is 0.457. The lowest BCUT2D eigenvalue weighted by molar-refractivity contribution is -0.141. The standard InChI is InChI=1S/C13H16N2O2/c1-4-13(3,12(16)17)15-11-7-10(8-14)6-5-9(11)2/h5-7,15H,4H2,1-3H3,(H,16,17). The Morgan fingerprint density at radius 2 is 2.24 bits per heavy atom. The van der Waals surface area contributed by atoms with Crippen molar-refractivity contribution in [3.8, 4) is 6.07 Å². The van der Waals surface area contributed by atoms with Crippen molar-refractivity contribution in [3.05, 3.63) is 29.3 Å². The molecular weight excluding hydrogens is 216 g/mol. The van der Waals surface area contributed by atoms with Gasteiger partial charge in [-0.3, -0.25) is 0 Å². The van der Waals surface area contributed by atoms with Gasteiger partial charge >= 0.3 is 5.97 Å². The predicted octanol–water partition coefficient (Wildman–Crippen LogP) is 2.53.